The molecule has 12 nitrogen and oxygen atoms in total. The van der Waals surface area contributed by atoms with Crippen molar-refractivity contribution in [2.45, 2.75) is 85.6 Å². The van der Waals surface area contributed by atoms with E-state index in [0.717, 1.165) is 30.5 Å². The van der Waals surface area contributed by atoms with Gasteiger partial charge in [0.2, 0.25) is 5.69 Å². The SMILES string of the molecule is [C-]#[N+]c1c(N=Nc2ccc(N(CCOCCOCCOCCOCCOC(=O)CC(CCCCCCCC)C(C)=O)Cc3ccccc3)cc2C)sc(C#N)c1C. The molecule has 0 amide bonds. The van der Waals surface area contributed by atoms with Crippen molar-refractivity contribution in [3.8, 4) is 6.07 Å². The molecule has 0 saturated heterocycles. The van der Waals surface area contributed by atoms with Gasteiger partial charge < -0.3 is 28.6 Å². The molecule has 1 atom stereocenters. The van der Waals surface area contributed by atoms with Gasteiger partial charge in [-0.1, -0.05) is 75.8 Å². The molecular weight excluding hydrogens is 743 g/mol. The van der Waals surface area contributed by atoms with Gasteiger partial charge in [-0.3, -0.25) is 9.59 Å². The van der Waals surface area contributed by atoms with Crippen LogP contribution in [0.1, 0.15) is 86.8 Å². The lowest BCUT2D eigenvalue weighted by Crippen LogP contribution is -2.27. The first kappa shape index (κ1) is 46.9. The van der Waals surface area contributed by atoms with Crippen molar-refractivity contribution in [3.63, 3.8) is 0 Å². The van der Waals surface area contributed by atoms with Crippen LogP contribution in [0.2, 0.25) is 0 Å². The van der Waals surface area contributed by atoms with Crippen LogP contribution in [-0.2, 0) is 39.8 Å². The number of ether oxygens (including phenoxy) is 5. The van der Waals surface area contributed by atoms with Crippen LogP contribution in [0.3, 0.4) is 0 Å². The van der Waals surface area contributed by atoms with Crippen molar-refractivity contribution in [3.05, 3.63) is 81.5 Å². The molecule has 0 bridgehead atoms. The van der Waals surface area contributed by atoms with E-state index in [4.69, 9.17) is 30.3 Å². The second kappa shape index (κ2) is 28.0. The zero-order chi connectivity index (χ0) is 41.1. The van der Waals surface area contributed by atoms with E-state index in [-0.39, 0.29) is 37.3 Å². The van der Waals surface area contributed by atoms with Gasteiger partial charge in [0.25, 0.3) is 0 Å². The van der Waals surface area contributed by atoms with E-state index in [1.165, 1.54) is 42.6 Å². The summed E-state index contributed by atoms with van der Waals surface area (Å²) in [6.07, 6.45) is 7.78. The van der Waals surface area contributed by atoms with Crippen LogP contribution in [0.15, 0.2) is 58.8 Å². The number of carbonyl (C=O) groups is 2. The maximum absolute atomic E-state index is 12.2. The van der Waals surface area contributed by atoms with Gasteiger partial charge in [-0.05, 0) is 62.1 Å². The van der Waals surface area contributed by atoms with Gasteiger partial charge in [0.15, 0.2) is 0 Å². The highest BCUT2D eigenvalue weighted by Gasteiger charge is 2.19. The Hall–Kier alpha value is -4.50. The number of hydrogen-bond acceptors (Lipinski definition) is 12. The quantitative estimate of drug-likeness (QED) is 0.0279. The van der Waals surface area contributed by atoms with E-state index in [0.29, 0.717) is 86.2 Å². The van der Waals surface area contributed by atoms with Crippen molar-refractivity contribution >= 4 is 45.2 Å². The fraction of sp³-hybridized carbons (Fsp3) is 0.545. The first-order chi connectivity index (χ1) is 27.8. The molecule has 0 N–H and O–H groups in total. The number of nitrogens with zero attached hydrogens (tertiary/aromatic N) is 5. The van der Waals surface area contributed by atoms with Crippen molar-refractivity contribution in [1.82, 2.24) is 0 Å². The van der Waals surface area contributed by atoms with Crippen molar-refractivity contribution < 1.29 is 33.3 Å². The monoisotopic (exact) mass is 801 g/mol. The van der Waals surface area contributed by atoms with Crippen LogP contribution in [0.4, 0.5) is 22.1 Å². The average Bonchev–Trinajstić information content (AvgIpc) is 3.53. The van der Waals surface area contributed by atoms with Crippen LogP contribution < -0.4 is 4.90 Å². The highest BCUT2D eigenvalue weighted by atomic mass is 32.1. The number of nitriles is 1. The number of Topliss-reactive ketones (excluding diaryl/α,β-unsaturated/α-hetero) is 1. The zero-order valence-corrected chi connectivity index (χ0v) is 34.9. The summed E-state index contributed by atoms with van der Waals surface area (Å²) >= 11 is 1.18. The summed E-state index contributed by atoms with van der Waals surface area (Å²) in [6.45, 7) is 19.8. The second-order valence-electron chi connectivity index (χ2n) is 13.7. The summed E-state index contributed by atoms with van der Waals surface area (Å²) in [7, 11) is 0. The summed E-state index contributed by atoms with van der Waals surface area (Å²) in [5.74, 6) is -0.574. The van der Waals surface area contributed by atoms with Crippen molar-refractivity contribution in [1.29, 1.82) is 5.26 Å². The van der Waals surface area contributed by atoms with Gasteiger partial charge in [-0.2, -0.15) is 15.5 Å². The molecule has 13 heteroatoms. The number of anilines is 1. The standard InChI is InChI=1S/C44H59N5O7S/c1-6-7-8-9-10-14-17-38(36(4)50)31-42(51)56-29-28-55-27-26-54-25-24-53-23-22-52-21-20-49(33-37-15-12-11-13-16-37)39-18-19-40(34(2)30-39)47-48-44-43(46-5)35(3)41(32-45)57-44/h11-13,15-16,18-19,30,38H,6-10,14,17,20-29,31,33H2,1-4H3. The van der Waals surface area contributed by atoms with E-state index in [9.17, 15) is 14.9 Å². The van der Waals surface area contributed by atoms with Crippen LogP contribution in [0, 0.1) is 37.7 Å². The Kier molecular flexibility index (Phi) is 23.0. The van der Waals surface area contributed by atoms with Crippen LogP contribution in [-0.4, -0.2) is 77.8 Å². The lowest BCUT2D eigenvalue weighted by Gasteiger charge is -2.25. The number of carbonyl (C=O) groups excluding carboxylic acids is 2. The Morgan fingerprint density at radius 2 is 1.49 bits per heavy atom. The van der Waals surface area contributed by atoms with E-state index in [1.54, 1.807) is 13.8 Å². The largest absolute Gasteiger partial charge is 0.463 e. The van der Waals surface area contributed by atoms with Crippen LogP contribution >= 0.6 is 11.3 Å². The van der Waals surface area contributed by atoms with Crippen molar-refractivity contribution in [2.75, 3.05) is 70.9 Å². The normalized spacial score (nSPS) is 11.7. The fourth-order valence-corrected chi connectivity index (χ4v) is 6.84. The topological polar surface area (TPSA) is 136 Å². The Morgan fingerprint density at radius 3 is 2.11 bits per heavy atom. The average molecular weight is 802 g/mol. The molecule has 3 rings (SSSR count). The molecule has 0 fully saturated rings. The van der Waals surface area contributed by atoms with Crippen molar-refractivity contribution in [2.24, 2.45) is 16.1 Å². The molecule has 0 aliphatic rings. The Labute approximate surface area is 342 Å². The number of thiophene rings is 1. The molecule has 3 aromatic rings. The lowest BCUT2D eigenvalue weighted by atomic mass is 9.94. The molecule has 308 valence electrons. The number of rotatable bonds is 30. The number of benzene rings is 2. The predicted molar refractivity (Wildman–Crippen MR) is 224 cm³/mol. The summed E-state index contributed by atoms with van der Waals surface area (Å²) in [4.78, 5) is 30.5. The van der Waals surface area contributed by atoms with Gasteiger partial charge in [0.05, 0.1) is 76.4 Å². The molecule has 1 heterocycles. The van der Waals surface area contributed by atoms with E-state index < -0.39 is 0 Å². The molecule has 0 aliphatic carbocycles. The predicted octanol–water partition coefficient (Wildman–Crippen LogP) is 10.2. The minimum Gasteiger partial charge on any atom is -0.463 e. The Bertz CT molecular complexity index is 1750. The first-order valence-corrected chi connectivity index (χ1v) is 20.8. The van der Waals surface area contributed by atoms with Gasteiger partial charge in [-0.25, -0.2) is 4.85 Å². The van der Waals surface area contributed by atoms with Gasteiger partial charge in [-0.15, -0.1) is 11.3 Å². The second-order valence-corrected chi connectivity index (χ2v) is 14.7. The number of esters is 1. The third-order valence-electron chi connectivity index (χ3n) is 9.33. The van der Waals surface area contributed by atoms with Gasteiger partial charge in [0.1, 0.15) is 23.5 Å². The summed E-state index contributed by atoms with van der Waals surface area (Å²) in [5, 5.41) is 18.5. The van der Waals surface area contributed by atoms with Gasteiger partial charge in [0, 0.05) is 24.7 Å². The van der Waals surface area contributed by atoms with E-state index in [1.807, 2.05) is 37.3 Å². The smallest absolute Gasteiger partial charge is 0.306 e. The maximum atomic E-state index is 12.2. The number of aryl methyl sites for hydroxylation is 1. The van der Waals surface area contributed by atoms with E-state index >= 15 is 0 Å². The Morgan fingerprint density at radius 1 is 0.860 bits per heavy atom. The number of azo groups is 1. The summed E-state index contributed by atoms with van der Waals surface area (Å²) < 4.78 is 27.9. The van der Waals surface area contributed by atoms with Crippen LogP contribution in [0.5, 0.6) is 0 Å². The molecule has 0 radical (unpaired) electrons. The fourth-order valence-electron chi connectivity index (χ4n) is 5.98. The molecule has 0 saturated carbocycles. The molecule has 57 heavy (non-hydrogen) atoms. The molecule has 1 aromatic heterocycles. The molecule has 0 aliphatic heterocycles. The van der Waals surface area contributed by atoms with E-state index in [2.05, 4.69) is 51.2 Å². The minimum absolute atomic E-state index is 0.0455. The molecule has 2 aromatic carbocycles. The number of unbranched alkanes of at least 4 members (excludes halogenated alkanes) is 5. The third kappa shape index (κ3) is 18.1. The lowest BCUT2D eigenvalue weighted by molar-refractivity contribution is -0.148. The zero-order valence-electron chi connectivity index (χ0n) is 34.1. The number of ketones is 1. The minimum atomic E-state index is -0.354. The maximum Gasteiger partial charge on any atom is 0.306 e. The highest BCUT2D eigenvalue weighted by molar-refractivity contribution is 7.17. The first-order valence-electron chi connectivity index (χ1n) is 20.0. The van der Waals surface area contributed by atoms with Crippen LogP contribution in [0.25, 0.3) is 4.85 Å². The summed E-state index contributed by atoms with van der Waals surface area (Å²) in [5.41, 5.74) is 4.84. The third-order valence-corrected chi connectivity index (χ3v) is 10.4. The summed E-state index contributed by atoms with van der Waals surface area (Å²) in [6, 6.07) is 18.4. The highest BCUT2D eigenvalue weighted by Crippen LogP contribution is 2.42. The number of hydrogen-bond donors (Lipinski definition) is 0. The molecule has 1 unspecified atom stereocenters. The molecule has 0 spiro atoms. The Balaban J connectivity index is 1.28. The molecular formula is C44H59N5O7S. The van der Waals surface area contributed by atoms with Gasteiger partial charge >= 0.3 is 5.97 Å².